The Balaban J connectivity index is 1.51. The molecule has 0 spiro atoms. The Morgan fingerprint density at radius 1 is 1.10 bits per heavy atom. The molecule has 0 aliphatic carbocycles. The Labute approximate surface area is 180 Å². The second kappa shape index (κ2) is 9.24. The van der Waals surface area contributed by atoms with Gasteiger partial charge in [0.2, 0.25) is 0 Å². The van der Waals surface area contributed by atoms with Gasteiger partial charge in [-0.2, -0.15) is 11.3 Å². The van der Waals surface area contributed by atoms with Crippen molar-refractivity contribution in [1.29, 1.82) is 0 Å². The number of hydrogen-bond donors (Lipinski definition) is 1. The Morgan fingerprint density at radius 2 is 1.87 bits per heavy atom. The molecule has 1 aliphatic rings. The lowest BCUT2D eigenvalue weighted by Crippen LogP contribution is -2.40. The van der Waals surface area contributed by atoms with Crippen molar-refractivity contribution in [2.45, 2.75) is 25.9 Å². The molecule has 1 unspecified atom stereocenters. The summed E-state index contributed by atoms with van der Waals surface area (Å²) in [6, 6.07) is 17.6. The first-order valence-corrected chi connectivity index (χ1v) is 10.9. The van der Waals surface area contributed by atoms with Crippen molar-refractivity contribution >= 4 is 23.2 Å². The SMILES string of the molecule is CC(=O)Oc1ccccc1C(=O)NCC(c1ccsc1)N1CCc2ccccc2C1. The summed E-state index contributed by atoms with van der Waals surface area (Å²) in [5, 5.41) is 7.27. The number of thiophene rings is 1. The Hall–Kier alpha value is -2.96. The molecule has 4 rings (SSSR count). The summed E-state index contributed by atoms with van der Waals surface area (Å²) in [5.41, 5.74) is 4.31. The van der Waals surface area contributed by atoms with Gasteiger partial charge in [0.05, 0.1) is 11.6 Å². The van der Waals surface area contributed by atoms with Gasteiger partial charge in [-0.3, -0.25) is 14.5 Å². The van der Waals surface area contributed by atoms with Gasteiger partial charge in [0.1, 0.15) is 5.75 Å². The predicted molar refractivity (Wildman–Crippen MR) is 118 cm³/mol. The van der Waals surface area contributed by atoms with E-state index in [4.69, 9.17) is 4.74 Å². The second-order valence-corrected chi connectivity index (χ2v) is 8.14. The topological polar surface area (TPSA) is 58.6 Å². The molecule has 0 bridgehead atoms. The molecule has 0 fully saturated rings. The van der Waals surface area contributed by atoms with Crippen molar-refractivity contribution in [3.63, 3.8) is 0 Å². The summed E-state index contributed by atoms with van der Waals surface area (Å²) in [4.78, 5) is 26.7. The van der Waals surface area contributed by atoms with Crippen LogP contribution in [0.5, 0.6) is 5.75 Å². The lowest BCUT2D eigenvalue weighted by Gasteiger charge is -2.35. The number of hydrogen-bond acceptors (Lipinski definition) is 5. The summed E-state index contributed by atoms with van der Waals surface area (Å²) in [6.07, 6.45) is 1.00. The summed E-state index contributed by atoms with van der Waals surface area (Å²) in [5.74, 6) is -0.413. The zero-order valence-electron chi connectivity index (χ0n) is 16.8. The van der Waals surface area contributed by atoms with Crippen LogP contribution in [0, 0.1) is 0 Å². The normalized spacial score (nSPS) is 14.6. The molecule has 6 heteroatoms. The average molecular weight is 421 g/mol. The standard InChI is InChI=1S/C24H24N2O3S/c1-17(27)29-23-9-5-4-8-21(23)24(28)25-14-22(20-11-13-30-16-20)26-12-10-18-6-2-3-7-19(18)15-26/h2-9,11,13,16,22H,10,12,14-15H2,1H3,(H,25,28). The molecule has 5 nitrogen and oxygen atoms in total. The van der Waals surface area contributed by atoms with Gasteiger partial charge >= 0.3 is 5.97 Å². The zero-order valence-corrected chi connectivity index (χ0v) is 17.7. The first-order valence-electron chi connectivity index (χ1n) is 10.0. The Bertz CT molecular complexity index is 1030. The summed E-state index contributed by atoms with van der Waals surface area (Å²) >= 11 is 1.66. The van der Waals surface area contributed by atoms with E-state index in [1.807, 2.05) is 0 Å². The molecule has 30 heavy (non-hydrogen) atoms. The molecule has 1 aromatic heterocycles. The van der Waals surface area contributed by atoms with Crippen LogP contribution in [0.25, 0.3) is 0 Å². The summed E-state index contributed by atoms with van der Waals surface area (Å²) in [6.45, 7) is 3.61. The number of esters is 1. The number of nitrogens with one attached hydrogen (secondary N) is 1. The number of ether oxygens (including phenoxy) is 1. The number of nitrogens with zero attached hydrogens (tertiary/aromatic N) is 1. The lowest BCUT2D eigenvalue weighted by atomic mass is 9.97. The predicted octanol–water partition coefficient (Wildman–Crippen LogP) is 4.20. The Kier molecular flexibility index (Phi) is 6.26. The molecule has 1 atom stereocenters. The van der Waals surface area contributed by atoms with Crippen LogP contribution in [0.15, 0.2) is 65.4 Å². The minimum atomic E-state index is -0.446. The highest BCUT2D eigenvalue weighted by atomic mass is 32.1. The van der Waals surface area contributed by atoms with Gasteiger partial charge in [-0.25, -0.2) is 0 Å². The van der Waals surface area contributed by atoms with Gasteiger partial charge in [-0.05, 0) is 52.1 Å². The van der Waals surface area contributed by atoms with Crippen molar-refractivity contribution in [3.05, 3.63) is 87.6 Å². The quantitative estimate of drug-likeness (QED) is 0.480. The van der Waals surface area contributed by atoms with Gasteiger partial charge in [0.25, 0.3) is 5.91 Å². The number of carbonyl (C=O) groups excluding carboxylic acids is 2. The maximum absolute atomic E-state index is 12.9. The van der Waals surface area contributed by atoms with Crippen LogP contribution in [0.3, 0.4) is 0 Å². The van der Waals surface area contributed by atoms with Crippen molar-refractivity contribution in [3.8, 4) is 5.75 Å². The third-order valence-corrected chi connectivity index (χ3v) is 6.07. The second-order valence-electron chi connectivity index (χ2n) is 7.36. The minimum Gasteiger partial charge on any atom is -0.426 e. The highest BCUT2D eigenvalue weighted by molar-refractivity contribution is 7.08. The lowest BCUT2D eigenvalue weighted by molar-refractivity contribution is -0.131. The molecule has 154 valence electrons. The van der Waals surface area contributed by atoms with E-state index >= 15 is 0 Å². The van der Waals surface area contributed by atoms with Gasteiger partial charge in [0, 0.05) is 26.6 Å². The fraction of sp³-hybridized carbons (Fsp3) is 0.250. The van der Waals surface area contributed by atoms with Gasteiger partial charge in [0.15, 0.2) is 0 Å². The van der Waals surface area contributed by atoms with E-state index in [1.165, 1.54) is 23.6 Å². The highest BCUT2D eigenvalue weighted by Crippen LogP contribution is 2.29. The molecule has 1 amide bonds. The fourth-order valence-corrected chi connectivity index (χ4v) is 4.60. The first kappa shape index (κ1) is 20.3. The van der Waals surface area contributed by atoms with E-state index in [-0.39, 0.29) is 17.7 Å². The monoisotopic (exact) mass is 420 g/mol. The molecular formula is C24H24N2O3S. The smallest absolute Gasteiger partial charge is 0.308 e. The van der Waals surface area contributed by atoms with Crippen LogP contribution < -0.4 is 10.1 Å². The van der Waals surface area contributed by atoms with Crippen LogP contribution in [0.1, 0.15) is 40.0 Å². The molecule has 2 heterocycles. The fourth-order valence-electron chi connectivity index (χ4n) is 3.89. The van der Waals surface area contributed by atoms with E-state index in [1.54, 1.807) is 35.6 Å². The van der Waals surface area contributed by atoms with E-state index in [0.717, 1.165) is 19.5 Å². The van der Waals surface area contributed by atoms with E-state index < -0.39 is 5.97 Å². The molecule has 1 N–H and O–H groups in total. The van der Waals surface area contributed by atoms with Crippen LogP contribution >= 0.6 is 11.3 Å². The van der Waals surface area contributed by atoms with Crippen LogP contribution in [-0.4, -0.2) is 29.9 Å². The molecular weight excluding hydrogens is 396 g/mol. The number of carbonyl (C=O) groups is 2. The molecule has 3 aromatic rings. The minimum absolute atomic E-state index is 0.0782. The molecule has 1 aliphatic heterocycles. The maximum atomic E-state index is 12.9. The average Bonchev–Trinajstić information content (AvgIpc) is 3.28. The van der Waals surface area contributed by atoms with Crippen LogP contribution in [0.2, 0.25) is 0 Å². The first-order chi connectivity index (χ1) is 14.6. The van der Waals surface area contributed by atoms with Crippen LogP contribution in [-0.2, 0) is 17.8 Å². The molecule has 0 radical (unpaired) electrons. The van der Waals surface area contributed by atoms with Gasteiger partial charge in [-0.15, -0.1) is 0 Å². The third kappa shape index (κ3) is 4.61. The van der Waals surface area contributed by atoms with E-state index in [9.17, 15) is 9.59 Å². The maximum Gasteiger partial charge on any atom is 0.308 e. The Morgan fingerprint density at radius 3 is 2.63 bits per heavy atom. The third-order valence-electron chi connectivity index (χ3n) is 5.37. The van der Waals surface area contributed by atoms with Crippen LogP contribution in [0.4, 0.5) is 0 Å². The largest absolute Gasteiger partial charge is 0.426 e. The summed E-state index contributed by atoms with van der Waals surface area (Å²) < 4.78 is 5.19. The number of fused-ring (bicyclic) bond motifs is 1. The number of amides is 1. The molecule has 0 saturated carbocycles. The van der Waals surface area contributed by atoms with Gasteiger partial charge < -0.3 is 10.1 Å². The van der Waals surface area contributed by atoms with E-state index in [2.05, 4.69) is 51.3 Å². The number of benzene rings is 2. The van der Waals surface area contributed by atoms with E-state index in [0.29, 0.717) is 12.1 Å². The number of rotatable bonds is 6. The van der Waals surface area contributed by atoms with Gasteiger partial charge in [-0.1, -0.05) is 36.4 Å². The number of para-hydroxylation sites is 1. The van der Waals surface area contributed by atoms with Crippen molar-refractivity contribution < 1.29 is 14.3 Å². The summed E-state index contributed by atoms with van der Waals surface area (Å²) in [7, 11) is 0. The zero-order chi connectivity index (χ0) is 20.9. The molecule has 2 aromatic carbocycles. The van der Waals surface area contributed by atoms with Crippen molar-refractivity contribution in [1.82, 2.24) is 10.2 Å². The van der Waals surface area contributed by atoms with Crippen molar-refractivity contribution in [2.24, 2.45) is 0 Å². The molecule has 0 saturated heterocycles. The highest BCUT2D eigenvalue weighted by Gasteiger charge is 2.26. The van der Waals surface area contributed by atoms with Crippen molar-refractivity contribution in [2.75, 3.05) is 13.1 Å².